The largest absolute Gasteiger partial charge is 0.513 e. The summed E-state index contributed by atoms with van der Waals surface area (Å²) >= 11 is 2.14. The molecule has 0 bridgehead atoms. The number of halogens is 1. The predicted octanol–water partition coefficient (Wildman–Crippen LogP) is 3.76. The number of hydrogen-bond donors (Lipinski definition) is 0. The Kier molecular flexibility index (Phi) is 5.59. The van der Waals surface area contributed by atoms with E-state index < -0.39 is 6.16 Å². The van der Waals surface area contributed by atoms with E-state index >= 15 is 0 Å². The van der Waals surface area contributed by atoms with Crippen molar-refractivity contribution in [2.75, 3.05) is 11.0 Å². The highest BCUT2D eigenvalue weighted by Crippen LogP contribution is 2.26. The summed E-state index contributed by atoms with van der Waals surface area (Å²) in [4.78, 5) is 11.3. The van der Waals surface area contributed by atoms with Crippen molar-refractivity contribution in [2.45, 2.75) is 19.8 Å². The van der Waals surface area contributed by atoms with Gasteiger partial charge in [-0.15, -0.1) is 0 Å². The van der Waals surface area contributed by atoms with E-state index in [0.717, 1.165) is 9.99 Å². The highest BCUT2D eigenvalue weighted by Gasteiger charge is 2.11. The van der Waals surface area contributed by atoms with Gasteiger partial charge in [0.1, 0.15) is 12.4 Å². The zero-order chi connectivity index (χ0) is 12.0. The maximum Gasteiger partial charge on any atom is 0.513 e. The third-order valence-electron chi connectivity index (χ3n) is 2.03. The van der Waals surface area contributed by atoms with E-state index in [1.165, 1.54) is 0 Å². The van der Waals surface area contributed by atoms with Crippen molar-refractivity contribution in [1.29, 1.82) is 0 Å². The lowest BCUT2D eigenvalue weighted by atomic mass is 10.0. The van der Waals surface area contributed by atoms with Gasteiger partial charge in [-0.3, -0.25) is 0 Å². The molecule has 0 amide bonds. The molecule has 0 aliphatic heterocycles. The summed E-state index contributed by atoms with van der Waals surface area (Å²) < 4.78 is 10.8. The maximum atomic E-state index is 11.3. The second kappa shape index (κ2) is 6.73. The molecule has 1 aromatic rings. The Balaban J connectivity index is 2.69. The number of alkyl halides is 1. The van der Waals surface area contributed by atoms with Crippen LogP contribution in [-0.2, 0) is 4.74 Å². The molecule has 16 heavy (non-hydrogen) atoms. The molecule has 0 spiro atoms. The normalized spacial score (nSPS) is 10.2. The van der Waals surface area contributed by atoms with Crippen molar-refractivity contribution in [3.05, 3.63) is 29.8 Å². The van der Waals surface area contributed by atoms with Gasteiger partial charge in [0, 0.05) is 4.43 Å². The minimum absolute atomic E-state index is 0.313. The summed E-state index contributed by atoms with van der Waals surface area (Å²) in [6, 6.07) is 7.50. The summed E-state index contributed by atoms with van der Waals surface area (Å²) in [6.07, 6.45) is -0.634. The van der Waals surface area contributed by atoms with Crippen LogP contribution in [0.2, 0.25) is 0 Å². The molecular weight excluding hydrogens is 319 g/mol. The van der Waals surface area contributed by atoms with Crippen molar-refractivity contribution >= 4 is 28.7 Å². The van der Waals surface area contributed by atoms with E-state index in [9.17, 15) is 4.79 Å². The lowest BCUT2D eigenvalue weighted by Gasteiger charge is -2.11. The number of carbonyl (C=O) groups excluding carboxylic acids is 1. The number of ether oxygens (including phenoxy) is 2. The van der Waals surface area contributed by atoms with E-state index in [-0.39, 0.29) is 0 Å². The van der Waals surface area contributed by atoms with Crippen LogP contribution in [0, 0.1) is 0 Å². The first kappa shape index (κ1) is 13.3. The van der Waals surface area contributed by atoms with Crippen LogP contribution in [0.4, 0.5) is 4.79 Å². The van der Waals surface area contributed by atoms with Crippen LogP contribution >= 0.6 is 22.6 Å². The standard InChI is InChI=1S/C12H15IO3/c1-9(2)10-5-3-4-6-11(10)16-12(14)15-8-7-13/h3-6,9H,7-8H2,1-2H3. The van der Waals surface area contributed by atoms with Crippen molar-refractivity contribution < 1.29 is 14.3 Å². The first-order valence-electron chi connectivity index (χ1n) is 5.14. The summed E-state index contributed by atoms with van der Waals surface area (Å²) in [7, 11) is 0. The highest BCUT2D eigenvalue weighted by molar-refractivity contribution is 14.1. The molecule has 1 aromatic carbocycles. The fourth-order valence-corrected chi connectivity index (χ4v) is 1.51. The van der Waals surface area contributed by atoms with E-state index in [1.807, 2.05) is 18.2 Å². The summed E-state index contributed by atoms with van der Waals surface area (Å²) in [5.74, 6) is 0.893. The molecule has 4 heteroatoms. The summed E-state index contributed by atoms with van der Waals surface area (Å²) in [5.41, 5.74) is 1.01. The molecule has 0 fully saturated rings. The second-order valence-electron chi connectivity index (χ2n) is 3.58. The highest BCUT2D eigenvalue weighted by atomic mass is 127. The molecule has 0 saturated carbocycles. The zero-order valence-electron chi connectivity index (χ0n) is 9.40. The molecule has 0 aromatic heterocycles. The van der Waals surface area contributed by atoms with Crippen LogP contribution in [0.3, 0.4) is 0 Å². The van der Waals surface area contributed by atoms with Crippen molar-refractivity contribution in [1.82, 2.24) is 0 Å². The maximum absolute atomic E-state index is 11.3. The Morgan fingerprint density at radius 1 is 1.38 bits per heavy atom. The van der Waals surface area contributed by atoms with Crippen LogP contribution in [0.25, 0.3) is 0 Å². The predicted molar refractivity (Wildman–Crippen MR) is 71.4 cm³/mol. The Bertz CT molecular complexity index is 350. The molecule has 0 unspecified atom stereocenters. The van der Waals surface area contributed by atoms with Gasteiger partial charge in [0.25, 0.3) is 0 Å². The SMILES string of the molecule is CC(C)c1ccccc1OC(=O)OCCI. The van der Waals surface area contributed by atoms with Gasteiger partial charge in [0.15, 0.2) is 0 Å². The number of benzene rings is 1. The molecule has 1 rings (SSSR count). The molecule has 0 atom stereocenters. The lowest BCUT2D eigenvalue weighted by Crippen LogP contribution is -2.13. The third-order valence-corrected chi connectivity index (χ3v) is 2.47. The quantitative estimate of drug-likeness (QED) is 0.364. The Morgan fingerprint density at radius 3 is 2.69 bits per heavy atom. The van der Waals surface area contributed by atoms with Gasteiger partial charge in [0.05, 0.1) is 0 Å². The van der Waals surface area contributed by atoms with Crippen LogP contribution in [0.1, 0.15) is 25.3 Å². The molecule has 0 heterocycles. The van der Waals surface area contributed by atoms with Crippen LogP contribution < -0.4 is 4.74 Å². The molecule has 88 valence electrons. The molecule has 0 radical (unpaired) electrons. The fourth-order valence-electron chi connectivity index (χ4n) is 1.29. The average molecular weight is 334 g/mol. The van der Waals surface area contributed by atoms with E-state index in [4.69, 9.17) is 9.47 Å². The van der Waals surface area contributed by atoms with Gasteiger partial charge >= 0.3 is 6.16 Å². The molecule has 0 N–H and O–H groups in total. The van der Waals surface area contributed by atoms with Crippen LogP contribution in [0.15, 0.2) is 24.3 Å². The van der Waals surface area contributed by atoms with Gasteiger partial charge in [-0.1, -0.05) is 54.6 Å². The van der Waals surface area contributed by atoms with Gasteiger partial charge in [0.2, 0.25) is 0 Å². The molecule has 3 nitrogen and oxygen atoms in total. The summed E-state index contributed by atoms with van der Waals surface area (Å²) in [6.45, 7) is 4.49. The number of carbonyl (C=O) groups is 1. The topological polar surface area (TPSA) is 35.5 Å². The number of para-hydroxylation sites is 1. The van der Waals surface area contributed by atoms with Gasteiger partial charge in [-0.2, -0.15) is 0 Å². The van der Waals surface area contributed by atoms with Gasteiger partial charge < -0.3 is 9.47 Å². The Hall–Kier alpha value is -0.780. The molecule has 0 saturated heterocycles. The zero-order valence-corrected chi connectivity index (χ0v) is 11.6. The minimum Gasteiger partial charge on any atom is -0.433 e. The van der Waals surface area contributed by atoms with Gasteiger partial charge in [-0.05, 0) is 17.5 Å². The van der Waals surface area contributed by atoms with Crippen LogP contribution in [-0.4, -0.2) is 17.2 Å². The molecule has 0 aliphatic carbocycles. The molecular formula is C12H15IO3. The first-order valence-corrected chi connectivity index (χ1v) is 6.67. The second-order valence-corrected chi connectivity index (χ2v) is 4.66. The number of rotatable bonds is 4. The lowest BCUT2D eigenvalue weighted by molar-refractivity contribution is 0.105. The average Bonchev–Trinajstić information content (AvgIpc) is 2.27. The van der Waals surface area contributed by atoms with E-state index in [1.54, 1.807) is 6.07 Å². The third kappa shape index (κ3) is 4.00. The van der Waals surface area contributed by atoms with Crippen molar-refractivity contribution in [3.63, 3.8) is 0 Å². The van der Waals surface area contributed by atoms with Crippen LogP contribution in [0.5, 0.6) is 5.75 Å². The Morgan fingerprint density at radius 2 is 2.06 bits per heavy atom. The van der Waals surface area contributed by atoms with Crippen molar-refractivity contribution in [3.8, 4) is 5.75 Å². The minimum atomic E-state index is -0.634. The summed E-state index contributed by atoms with van der Waals surface area (Å²) in [5, 5.41) is 0. The van der Waals surface area contributed by atoms with E-state index in [2.05, 4.69) is 36.4 Å². The monoisotopic (exact) mass is 334 g/mol. The Labute approximate surface area is 109 Å². The molecule has 0 aliphatic rings. The van der Waals surface area contributed by atoms with Gasteiger partial charge in [-0.25, -0.2) is 4.79 Å². The van der Waals surface area contributed by atoms with Crippen molar-refractivity contribution in [2.24, 2.45) is 0 Å². The first-order chi connectivity index (χ1) is 7.65. The number of hydrogen-bond acceptors (Lipinski definition) is 3. The fraction of sp³-hybridized carbons (Fsp3) is 0.417. The van der Waals surface area contributed by atoms with E-state index in [0.29, 0.717) is 18.3 Å². The smallest absolute Gasteiger partial charge is 0.433 e.